The largest absolute Gasteiger partial charge is 0.463 e. The number of fused-ring (bicyclic) bond motifs is 1. The van der Waals surface area contributed by atoms with Gasteiger partial charge >= 0.3 is 12.1 Å². The molecule has 2 aliphatic heterocycles. The quantitative estimate of drug-likeness (QED) is 0.556. The molecular weight excluding hydrogens is 470 g/mol. The Labute approximate surface area is 217 Å². The van der Waals surface area contributed by atoms with Crippen LogP contribution >= 0.6 is 0 Å². The number of benzene rings is 2. The van der Waals surface area contributed by atoms with E-state index in [0.29, 0.717) is 16.8 Å². The first-order chi connectivity index (χ1) is 17.6. The molecule has 2 heterocycles. The number of nitrogens with zero attached hydrogens (tertiary/aromatic N) is 2. The van der Waals surface area contributed by atoms with E-state index in [2.05, 4.69) is 10.3 Å². The van der Waals surface area contributed by atoms with Gasteiger partial charge in [-0.2, -0.15) is 0 Å². The van der Waals surface area contributed by atoms with Crippen molar-refractivity contribution in [2.24, 2.45) is 4.99 Å². The summed E-state index contributed by atoms with van der Waals surface area (Å²) in [5.74, 6) is -0.113. The second kappa shape index (κ2) is 11.0. The van der Waals surface area contributed by atoms with E-state index in [4.69, 9.17) is 9.47 Å². The van der Waals surface area contributed by atoms with Gasteiger partial charge in [0.1, 0.15) is 11.4 Å². The molecule has 2 amide bonds. The number of amides is 2. The van der Waals surface area contributed by atoms with Gasteiger partial charge < -0.3 is 14.4 Å². The van der Waals surface area contributed by atoms with Crippen LogP contribution in [0.2, 0.25) is 0 Å². The Bertz CT molecular complexity index is 1250. The van der Waals surface area contributed by atoms with Crippen molar-refractivity contribution < 1.29 is 23.9 Å². The molecule has 1 N–H and O–H groups in total. The van der Waals surface area contributed by atoms with Gasteiger partial charge in [-0.05, 0) is 75.9 Å². The lowest BCUT2D eigenvalue weighted by Gasteiger charge is -2.20. The lowest BCUT2D eigenvalue weighted by Crippen LogP contribution is -2.36. The highest BCUT2D eigenvalue weighted by atomic mass is 16.6. The molecule has 8 nitrogen and oxygen atoms in total. The lowest BCUT2D eigenvalue weighted by atomic mass is 10.00. The highest BCUT2D eigenvalue weighted by Crippen LogP contribution is 2.32. The highest BCUT2D eigenvalue weighted by Gasteiger charge is 2.23. The van der Waals surface area contributed by atoms with Crippen molar-refractivity contribution in [3.8, 4) is 11.1 Å². The Morgan fingerprint density at radius 3 is 2.32 bits per heavy atom. The first-order valence-electron chi connectivity index (χ1n) is 12.6. The van der Waals surface area contributed by atoms with Crippen molar-refractivity contribution in [1.82, 2.24) is 10.2 Å². The van der Waals surface area contributed by atoms with Crippen molar-refractivity contribution in [1.29, 1.82) is 0 Å². The third-order valence-electron chi connectivity index (χ3n) is 6.01. The summed E-state index contributed by atoms with van der Waals surface area (Å²) in [5.41, 5.74) is 3.53. The van der Waals surface area contributed by atoms with Crippen LogP contribution in [0.5, 0.6) is 0 Å². The fourth-order valence-electron chi connectivity index (χ4n) is 4.30. The summed E-state index contributed by atoms with van der Waals surface area (Å²) in [6.45, 7) is 8.93. The number of amidine groups is 1. The van der Waals surface area contributed by atoms with Crippen LogP contribution in [0.15, 0.2) is 53.0 Å². The number of carbonyl (C=O) groups is 3. The van der Waals surface area contributed by atoms with Crippen LogP contribution in [0, 0.1) is 0 Å². The molecule has 194 valence electrons. The van der Waals surface area contributed by atoms with Crippen LogP contribution in [0.3, 0.4) is 0 Å². The number of ether oxygens (including phenoxy) is 2. The number of hydrogen-bond acceptors (Lipinski definition) is 6. The molecular formula is C29H33N3O5. The molecule has 0 radical (unpaired) electrons. The number of likely N-dealkylation sites (tertiary alicyclic amines) is 1. The summed E-state index contributed by atoms with van der Waals surface area (Å²) in [6, 6.07) is 13.3. The number of esters is 1. The smallest absolute Gasteiger partial charge is 0.413 e. The van der Waals surface area contributed by atoms with Gasteiger partial charge in [-0.25, -0.2) is 14.6 Å². The molecule has 8 heteroatoms. The topological polar surface area (TPSA) is 97.3 Å². The molecule has 37 heavy (non-hydrogen) atoms. The van der Waals surface area contributed by atoms with Gasteiger partial charge in [0.25, 0.3) is 5.91 Å². The zero-order chi connectivity index (χ0) is 26.6. The van der Waals surface area contributed by atoms with Gasteiger partial charge in [0.15, 0.2) is 0 Å². The zero-order valence-electron chi connectivity index (χ0n) is 21.8. The van der Waals surface area contributed by atoms with E-state index in [0.717, 1.165) is 42.6 Å². The maximum absolute atomic E-state index is 12.7. The van der Waals surface area contributed by atoms with Crippen molar-refractivity contribution in [2.75, 3.05) is 19.7 Å². The van der Waals surface area contributed by atoms with Crippen LogP contribution in [0.4, 0.5) is 10.5 Å². The Kier molecular flexibility index (Phi) is 7.76. The number of alkyl carbamates (subject to hydrolysis) is 1. The first kappa shape index (κ1) is 26.1. The summed E-state index contributed by atoms with van der Waals surface area (Å²) in [5, 5.41) is 2.69. The highest BCUT2D eigenvalue weighted by molar-refractivity contribution is 6.07. The van der Waals surface area contributed by atoms with Crippen LogP contribution in [0.1, 0.15) is 62.9 Å². The van der Waals surface area contributed by atoms with Crippen molar-refractivity contribution in [3.63, 3.8) is 0 Å². The Hall–Kier alpha value is -3.94. The Balaban J connectivity index is 1.64. The third kappa shape index (κ3) is 6.64. The molecule has 0 aromatic heterocycles. The van der Waals surface area contributed by atoms with E-state index >= 15 is 0 Å². The van der Waals surface area contributed by atoms with Gasteiger partial charge in [-0.3, -0.25) is 10.1 Å². The molecule has 2 aliphatic rings. The summed E-state index contributed by atoms with van der Waals surface area (Å²) in [7, 11) is 0. The molecule has 0 spiro atoms. The molecule has 2 aromatic carbocycles. The molecule has 1 saturated heterocycles. The second-order valence-electron chi connectivity index (χ2n) is 10.1. The molecule has 0 atom stereocenters. The predicted octanol–water partition coefficient (Wildman–Crippen LogP) is 5.49. The molecule has 0 unspecified atom stereocenters. The zero-order valence-corrected chi connectivity index (χ0v) is 21.8. The summed E-state index contributed by atoms with van der Waals surface area (Å²) in [4.78, 5) is 44.3. The second-order valence-corrected chi connectivity index (χ2v) is 10.1. The maximum atomic E-state index is 12.7. The van der Waals surface area contributed by atoms with Crippen molar-refractivity contribution in [3.05, 3.63) is 59.2 Å². The van der Waals surface area contributed by atoms with E-state index in [-0.39, 0.29) is 24.8 Å². The Morgan fingerprint density at radius 1 is 1.00 bits per heavy atom. The minimum absolute atomic E-state index is 0.0602. The molecule has 0 aliphatic carbocycles. The van der Waals surface area contributed by atoms with E-state index in [1.807, 2.05) is 47.4 Å². The average Bonchev–Trinajstić information content (AvgIpc) is 3.31. The van der Waals surface area contributed by atoms with Gasteiger partial charge in [0.2, 0.25) is 0 Å². The van der Waals surface area contributed by atoms with Gasteiger partial charge in [0, 0.05) is 36.2 Å². The standard InChI is InChI=1S/C29H33N3O5/c1-5-36-27(34)23-16-22-13-12-21(17-24(22)30-25(18-23)31-28(35)37-29(2,3)4)19-8-10-20(11-9-19)26(33)32-14-6-7-15-32/h8-13,16-17H,5-7,14-15,18H2,1-4H3,(H,30,31,35). The first-order valence-corrected chi connectivity index (χ1v) is 12.6. The predicted molar refractivity (Wildman–Crippen MR) is 143 cm³/mol. The SMILES string of the molecule is CCOC(=O)C1=Cc2ccc(-c3ccc(C(=O)N4CCCC4)cc3)cc2N=C(NC(=O)OC(C)(C)C)C1. The van der Waals surface area contributed by atoms with Crippen LogP contribution in [0.25, 0.3) is 17.2 Å². The number of hydrogen-bond donors (Lipinski definition) is 1. The molecule has 2 aromatic rings. The monoisotopic (exact) mass is 503 g/mol. The minimum atomic E-state index is -0.678. The number of rotatable bonds is 4. The molecule has 4 rings (SSSR count). The van der Waals surface area contributed by atoms with E-state index in [1.54, 1.807) is 33.8 Å². The number of nitrogens with one attached hydrogen (secondary N) is 1. The normalized spacial score (nSPS) is 15.2. The van der Waals surface area contributed by atoms with Crippen LogP contribution in [-0.2, 0) is 14.3 Å². The third-order valence-corrected chi connectivity index (χ3v) is 6.01. The maximum Gasteiger partial charge on any atom is 0.413 e. The van der Waals surface area contributed by atoms with E-state index in [9.17, 15) is 14.4 Å². The summed E-state index contributed by atoms with van der Waals surface area (Å²) >= 11 is 0. The lowest BCUT2D eigenvalue weighted by molar-refractivity contribution is -0.138. The van der Waals surface area contributed by atoms with Crippen LogP contribution < -0.4 is 5.32 Å². The van der Waals surface area contributed by atoms with Gasteiger partial charge in [-0.15, -0.1) is 0 Å². The van der Waals surface area contributed by atoms with Crippen LogP contribution in [-0.4, -0.2) is 54.0 Å². The fraction of sp³-hybridized carbons (Fsp3) is 0.379. The summed E-state index contributed by atoms with van der Waals surface area (Å²) in [6.07, 6.45) is 3.29. The van der Waals surface area contributed by atoms with Crippen molar-refractivity contribution >= 4 is 35.6 Å². The fourth-order valence-corrected chi connectivity index (χ4v) is 4.30. The van der Waals surface area contributed by atoms with Gasteiger partial charge in [0.05, 0.1) is 12.3 Å². The average molecular weight is 504 g/mol. The van der Waals surface area contributed by atoms with E-state index < -0.39 is 17.7 Å². The van der Waals surface area contributed by atoms with Gasteiger partial charge in [-0.1, -0.05) is 24.3 Å². The molecule has 1 fully saturated rings. The van der Waals surface area contributed by atoms with E-state index in [1.165, 1.54) is 0 Å². The van der Waals surface area contributed by atoms with Crippen molar-refractivity contribution in [2.45, 2.75) is 52.6 Å². The number of aliphatic imine (C=N–C) groups is 1. The summed E-state index contributed by atoms with van der Waals surface area (Å²) < 4.78 is 10.6. The number of carbonyl (C=O) groups excluding carboxylic acids is 3. The molecule has 0 saturated carbocycles. The molecule has 0 bridgehead atoms. The minimum Gasteiger partial charge on any atom is -0.463 e. The Morgan fingerprint density at radius 2 is 1.68 bits per heavy atom.